The summed E-state index contributed by atoms with van der Waals surface area (Å²) in [6.45, 7) is 4.00. The Morgan fingerprint density at radius 2 is 1.69 bits per heavy atom. The zero-order chi connectivity index (χ0) is 10.4. The van der Waals surface area contributed by atoms with Crippen molar-refractivity contribution in [3.8, 4) is 0 Å². The quantitative estimate of drug-likeness (QED) is 0.576. The summed E-state index contributed by atoms with van der Waals surface area (Å²) < 4.78 is 7.09. The highest BCUT2D eigenvalue weighted by molar-refractivity contribution is 6.33. The molecule has 0 aromatic heterocycles. The number of rotatable bonds is 1. The average molecular weight is 170 g/mol. The van der Waals surface area contributed by atoms with Crippen molar-refractivity contribution in [3.63, 3.8) is 0 Å². The van der Waals surface area contributed by atoms with Crippen LogP contribution in [0.15, 0.2) is 42.5 Å². The third-order valence-electron chi connectivity index (χ3n) is 1.77. The third-order valence-corrected chi connectivity index (χ3v) is 1.77. The molecule has 0 bridgehead atoms. The molecule has 2 aromatic rings. The Kier molecular flexibility index (Phi) is 3.03. The van der Waals surface area contributed by atoms with Crippen molar-refractivity contribution in [2.45, 2.75) is 13.8 Å². The molecule has 0 spiro atoms. The normalized spacial score (nSPS) is 10.2. The summed E-state index contributed by atoms with van der Waals surface area (Å²) >= 11 is 0. The van der Waals surface area contributed by atoms with Crippen LogP contribution in [-0.2, 0) is 0 Å². The van der Waals surface area contributed by atoms with Gasteiger partial charge in [-0.15, -0.1) is 6.07 Å². The van der Waals surface area contributed by atoms with E-state index in [4.69, 9.17) is 1.34 Å². The van der Waals surface area contributed by atoms with Crippen LogP contribution >= 0.6 is 0 Å². The lowest BCUT2D eigenvalue weighted by Gasteiger charge is -2.03. The van der Waals surface area contributed by atoms with E-state index in [2.05, 4.69) is 12.1 Å². The first-order valence-corrected chi connectivity index (χ1v) is 4.60. The molecule has 0 aliphatic rings. The van der Waals surface area contributed by atoms with E-state index < -0.39 is 0 Å². The first kappa shape index (κ1) is 8.37. The molecule has 0 atom stereocenters. The van der Waals surface area contributed by atoms with Gasteiger partial charge in [0.15, 0.2) is 0 Å². The molecule has 2 aromatic carbocycles. The van der Waals surface area contributed by atoms with Gasteiger partial charge in [-0.05, 0) is 10.8 Å². The molecule has 0 heterocycles. The molecule has 1 heteroatoms. The molecule has 0 N–H and O–H groups in total. The summed E-state index contributed by atoms with van der Waals surface area (Å²) in [7, 11) is 1.37. The van der Waals surface area contributed by atoms with Crippen LogP contribution in [0.1, 0.15) is 13.8 Å². The number of benzene rings is 2. The maximum Gasteiger partial charge on any atom is -0.0186 e. The molecule has 0 saturated heterocycles. The lowest BCUT2D eigenvalue weighted by atomic mass is 9.94. The Morgan fingerprint density at radius 3 is 2.38 bits per heavy atom. The fourth-order valence-electron chi connectivity index (χ4n) is 1.21. The Morgan fingerprint density at radius 1 is 1.00 bits per heavy atom. The van der Waals surface area contributed by atoms with Crippen LogP contribution in [0.4, 0.5) is 0 Å². The molecule has 0 amide bonds. The molecule has 0 nitrogen and oxygen atoms in total. The summed E-state index contributed by atoms with van der Waals surface area (Å²) in [5, 5.41) is 2.42. The van der Waals surface area contributed by atoms with Crippen LogP contribution in [0.3, 0.4) is 0 Å². The molecule has 0 unspecified atom stereocenters. The summed E-state index contributed by atoms with van der Waals surface area (Å²) in [6.07, 6.45) is 0. The second kappa shape index (κ2) is 4.71. The summed E-state index contributed by atoms with van der Waals surface area (Å²) in [6, 6.07) is 14.2. The van der Waals surface area contributed by atoms with Crippen LogP contribution in [0.25, 0.3) is 10.8 Å². The predicted octanol–water partition coefficient (Wildman–Crippen LogP) is 2.39. The van der Waals surface area contributed by atoms with Crippen molar-refractivity contribution in [2.75, 3.05) is 0 Å². The third kappa shape index (κ3) is 2.35. The van der Waals surface area contributed by atoms with E-state index in [1.807, 2.05) is 44.2 Å². The lowest BCUT2D eigenvalue weighted by Crippen LogP contribution is -1.99. The van der Waals surface area contributed by atoms with E-state index >= 15 is 0 Å². The Hall–Kier alpha value is -1.24. The monoisotopic (exact) mass is 170 g/mol. The Balaban J connectivity index is 0.000000461. The molecule has 66 valence electrons. The van der Waals surface area contributed by atoms with Gasteiger partial charge >= 0.3 is 0 Å². The van der Waals surface area contributed by atoms with Crippen LogP contribution in [-0.4, -0.2) is 9.15 Å². The van der Waals surface area contributed by atoms with Gasteiger partial charge < -0.3 is 7.81 Å². The van der Waals surface area contributed by atoms with Crippen molar-refractivity contribution >= 4 is 24.0 Å². The molecule has 0 aliphatic heterocycles. The van der Waals surface area contributed by atoms with E-state index in [9.17, 15) is 0 Å². The van der Waals surface area contributed by atoms with Gasteiger partial charge in [0.1, 0.15) is 0 Å². The fraction of sp³-hybridized carbons (Fsp3) is 0.167. The molecule has 2 rings (SSSR count). The summed E-state index contributed by atoms with van der Waals surface area (Å²) in [5.74, 6) is 0. The maximum absolute atomic E-state index is 7.09. The molecule has 0 fully saturated rings. The summed E-state index contributed by atoms with van der Waals surface area (Å²) in [5.41, 5.74) is 0.953. The SMILES string of the molecule is CC.[2H][B-]c1ccc2ccccc2c1. The van der Waals surface area contributed by atoms with Crippen LogP contribution in [0.5, 0.6) is 0 Å². The topological polar surface area (TPSA) is 0 Å². The second-order valence-electron chi connectivity index (χ2n) is 2.61. The number of hydrogen-bond acceptors (Lipinski definition) is 0. The van der Waals surface area contributed by atoms with Gasteiger partial charge in [-0.3, -0.25) is 6.80 Å². The number of hydrogen-bond donors (Lipinski definition) is 0. The molecular weight excluding hydrogens is 155 g/mol. The van der Waals surface area contributed by atoms with Crippen LogP contribution in [0.2, 0.25) is 0 Å². The largest absolute Gasteiger partial charge is 0.319 e. The fourth-order valence-corrected chi connectivity index (χ4v) is 1.21. The zero-order valence-electron chi connectivity index (χ0n) is 9.12. The van der Waals surface area contributed by atoms with Gasteiger partial charge in [-0.1, -0.05) is 50.2 Å². The molecular formula is C12H14B-. The van der Waals surface area contributed by atoms with Gasteiger partial charge in [0.2, 0.25) is 0 Å². The highest BCUT2D eigenvalue weighted by atomic mass is 13.9. The van der Waals surface area contributed by atoms with Gasteiger partial charge in [0.25, 0.3) is 0 Å². The predicted molar refractivity (Wildman–Crippen MR) is 62.1 cm³/mol. The van der Waals surface area contributed by atoms with Crippen molar-refractivity contribution in [1.82, 2.24) is 0 Å². The van der Waals surface area contributed by atoms with Crippen molar-refractivity contribution in [2.24, 2.45) is 0 Å². The molecule has 0 saturated carbocycles. The van der Waals surface area contributed by atoms with Crippen LogP contribution in [0, 0.1) is 0 Å². The van der Waals surface area contributed by atoms with Gasteiger partial charge in [0.05, 0.1) is 0 Å². The van der Waals surface area contributed by atoms with Crippen LogP contribution < -0.4 is 5.46 Å². The van der Waals surface area contributed by atoms with E-state index in [1.165, 1.54) is 18.6 Å². The second-order valence-corrected chi connectivity index (χ2v) is 2.61. The van der Waals surface area contributed by atoms with E-state index in [-0.39, 0.29) is 0 Å². The smallest absolute Gasteiger partial charge is 0.0186 e. The van der Waals surface area contributed by atoms with Crippen molar-refractivity contribution < 1.29 is 0 Å². The van der Waals surface area contributed by atoms with E-state index in [1.54, 1.807) is 0 Å². The van der Waals surface area contributed by atoms with Gasteiger partial charge in [-0.25, -0.2) is 0 Å². The average Bonchev–Trinajstić information content (AvgIpc) is 2.31. The summed E-state index contributed by atoms with van der Waals surface area (Å²) in [4.78, 5) is 0. The Bertz CT molecular complexity index is 398. The zero-order valence-corrected chi connectivity index (χ0v) is 8.12. The Labute approximate surface area is 82.4 Å². The molecule has 13 heavy (non-hydrogen) atoms. The van der Waals surface area contributed by atoms with Gasteiger partial charge in [0, 0.05) is 0 Å². The molecule has 2 radical (unpaired) electrons. The lowest BCUT2D eigenvalue weighted by molar-refractivity contribution is 1.50. The minimum absolute atomic E-state index is 0.953. The van der Waals surface area contributed by atoms with E-state index in [0.29, 0.717) is 0 Å². The van der Waals surface area contributed by atoms with E-state index in [0.717, 1.165) is 5.46 Å². The first-order chi connectivity index (χ1) is 6.90. The standard InChI is InChI=1S/C10H8B.C2H6/c11-10-6-5-8-3-1-2-4-9(8)7-10;1-2/h1-7,11H;1-2H3/q-1;/i11D;. The highest BCUT2D eigenvalue weighted by Gasteiger charge is 1.85. The minimum Gasteiger partial charge on any atom is -0.319 e. The minimum atomic E-state index is 0.953. The number of fused-ring (bicyclic) bond motifs is 1. The highest BCUT2D eigenvalue weighted by Crippen LogP contribution is 2.09. The maximum atomic E-state index is 7.09. The van der Waals surface area contributed by atoms with Crippen molar-refractivity contribution in [3.05, 3.63) is 42.5 Å². The van der Waals surface area contributed by atoms with Crippen molar-refractivity contribution in [1.29, 1.82) is 1.34 Å². The molecule has 0 aliphatic carbocycles. The van der Waals surface area contributed by atoms with Gasteiger partial charge in [-0.2, -0.15) is 0 Å². The first-order valence-electron chi connectivity index (χ1n) is 5.18.